The van der Waals surface area contributed by atoms with Crippen molar-refractivity contribution in [1.29, 1.82) is 5.26 Å². The summed E-state index contributed by atoms with van der Waals surface area (Å²) >= 11 is 0. The van der Waals surface area contributed by atoms with Crippen molar-refractivity contribution in [1.82, 2.24) is 9.88 Å². The molecule has 0 spiro atoms. The molecule has 1 fully saturated rings. The third-order valence-corrected chi connectivity index (χ3v) is 3.57. The largest absolute Gasteiger partial charge is 0.342 e. The number of carbonyl (C=O) groups excluding carboxylic acids is 1. The van der Waals surface area contributed by atoms with Crippen molar-refractivity contribution in [2.45, 2.75) is 25.7 Å². The Balaban J connectivity index is 1.90. The number of pyridine rings is 1. The summed E-state index contributed by atoms with van der Waals surface area (Å²) in [6, 6.07) is 5.18. The van der Waals surface area contributed by atoms with Crippen LogP contribution in [0, 0.1) is 17.2 Å². The smallest absolute Gasteiger partial charge is 0.255 e. The molecule has 0 unspecified atom stereocenters. The van der Waals surface area contributed by atoms with Gasteiger partial charge in [0.15, 0.2) is 0 Å². The number of rotatable bonds is 4. The third-order valence-electron chi connectivity index (χ3n) is 3.57. The highest BCUT2D eigenvalue weighted by molar-refractivity contribution is 5.93. The van der Waals surface area contributed by atoms with Crippen LogP contribution in [0.25, 0.3) is 0 Å². The van der Waals surface area contributed by atoms with Gasteiger partial charge in [-0.3, -0.25) is 4.79 Å². The maximum atomic E-state index is 12.1. The first kappa shape index (κ1) is 12.6. The van der Waals surface area contributed by atoms with Crippen molar-refractivity contribution in [3.8, 4) is 6.07 Å². The van der Waals surface area contributed by atoms with Gasteiger partial charge in [-0.05, 0) is 24.5 Å². The molecule has 1 aromatic rings. The van der Waals surface area contributed by atoms with E-state index in [1.165, 1.54) is 25.5 Å². The van der Waals surface area contributed by atoms with Crippen LogP contribution in [0.2, 0.25) is 0 Å². The molecule has 1 aromatic heterocycles. The summed E-state index contributed by atoms with van der Waals surface area (Å²) < 4.78 is 0. The Morgan fingerprint density at radius 1 is 1.56 bits per heavy atom. The lowest BCUT2D eigenvalue weighted by Gasteiger charge is -2.27. The summed E-state index contributed by atoms with van der Waals surface area (Å²) in [7, 11) is 1.82. The van der Waals surface area contributed by atoms with Crippen LogP contribution in [-0.4, -0.2) is 29.4 Å². The van der Waals surface area contributed by atoms with Crippen LogP contribution < -0.4 is 0 Å². The van der Waals surface area contributed by atoms with Crippen LogP contribution in [0.3, 0.4) is 0 Å². The van der Waals surface area contributed by atoms with Crippen LogP contribution in [0.1, 0.15) is 41.7 Å². The lowest BCUT2D eigenvalue weighted by atomic mass is 9.83. The lowest BCUT2D eigenvalue weighted by Crippen LogP contribution is -2.30. The van der Waals surface area contributed by atoms with E-state index in [9.17, 15) is 4.79 Å². The van der Waals surface area contributed by atoms with Gasteiger partial charge >= 0.3 is 0 Å². The van der Waals surface area contributed by atoms with Gasteiger partial charge in [-0.15, -0.1) is 0 Å². The average molecular weight is 243 g/mol. The van der Waals surface area contributed by atoms with Crippen LogP contribution in [0.15, 0.2) is 18.3 Å². The average Bonchev–Trinajstić information content (AvgIpc) is 2.36. The lowest BCUT2D eigenvalue weighted by molar-refractivity contribution is 0.0779. The van der Waals surface area contributed by atoms with Gasteiger partial charge in [0.2, 0.25) is 0 Å². The van der Waals surface area contributed by atoms with Gasteiger partial charge in [-0.2, -0.15) is 5.26 Å². The SMILES string of the molecule is CN(CCC1CCC1)C(=O)c1ccc(C#N)nc1. The van der Waals surface area contributed by atoms with Crippen LogP contribution in [-0.2, 0) is 0 Å². The Labute approximate surface area is 107 Å². The zero-order valence-corrected chi connectivity index (χ0v) is 10.6. The Hall–Kier alpha value is -1.89. The second-order valence-electron chi connectivity index (χ2n) is 4.86. The number of amides is 1. The van der Waals surface area contributed by atoms with E-state index >= 15 is 0 Å². The molecule has 0 atom stereocenters. The number of nitrogens with zero attached hydrogens (tertiary/aromatic N) is 3. The molecule has 18 heavy (non-hydrogen) atoms. The fourth-order valence-electron chi connectivity index (χ4n) is 2.07. The van der Waals surface area contributed by atoms with E-state index < -0.39 is 0 Å². The van der Waals surface area contributed by atoms with Crippen LogP contribution in [0.5, 0.6) is 0 Å². The van der Waals surface area contributed by atoms with E-state index in [0.717, 1.165) is 18.9 Å². The Kier molecular flexibility index (Phi) is 3.93. The molecular weight excluding hydrogens is 226 g/mol. The zero-order chi connectivity index (χ0) is 13.0. The number of hydrogen-bond donors (Lipinski definition) is 0. The van der Waals surface area contributed by atoms with Crippen LogP contribution >= 0.6 is 0 Å². The first-order chi connectivity index (χ1) is 8.70. The molecule has 2 rings (SSSR count). The van der Waals surface area contributed by atoms with E-state index in [-0.39, 0.29) is 5.91 Å². The standard InChI is InChI=1S/C14H17N3O/c1-17(8-7-11-3-2-4-11)14(18)12-5-6-13(9-15)16-10-12/h5-6,10-11H,2-4,7-8H2,1H3. The zero-order valence-electron chi connectivity index (χ0n) is 10.6. The topological polar surface area (TPSA) is 57.0 Å². The fourth-order valence-corrected chi connectivity index (χ4v) is 2.07. The second kappa shape index (κ2) is 5.63. The molecule has 94 valence electrons. The molecule has 0 radical (unpaired) electrons. The molecule has 1 saturated carbocycles. The third kappa shape index (κ3) is 2.86. The second-order valence-corrected chi connectivity index (χ2v) is 4.86. The molecular formula is C14H17N3O. The van der Waals surface area contributed by atoms with Crippen molar-refractivity contribution < 1.29 is 4.79 Å². The number of hydrogen-bond acceptors (Lipinski definition) is 3. The summed E-state index contributed by atoms with van der Waals surface area (Å²) in [5.41, 5.74) is 0.883. The van der Waals surface area contributed by atoms with E-state index in [4.69, 9.17) is 5.26 Å². The van der Waals surface area contributed by atoms with Gasteiger partial charge in [0.05, 0.1) is 5.56 Å². The summed E-state index contributed by atoms with van der Waals surface area (Å²) in [5.74, 6) is 0.783. The Morgan fingerprint density at radius 2 is 2.33 bits per heavy atom. The van der Waals surface area contributed by atoms with Crippen molar-refractivity contribution >= 4 is 5.91 Å². The minimum Gasteiger partial charge on any atom is -0.342 e. The van der Waals surface area contributed by atoms with Crippen molar-refractivity contribution in [3.63, 3.8) is 0 Å². The quantitative estimate of drug-likeness (QED) is 0.814. The van der Waals surface area contributed by atoms with E-state index in [1.807, 2.05) is 13.1 Å². The molecule has 0 saturated heterocycles. The molecule has 4 heteroatoms. The minimum atomic E-state index is -0.0219. The molecule has 0 aliphatic heterocycles. The highest BCUT2D eigenvalue weighted by Gasteiger charge is 2.19. The molecule has 0 N–H and O–H groups in total. The van der Waals surface area contributed by atoms with Gasteiger partial charge in [-0.25, -0.2) is 4.98 Å². The maximum absolute atomic E-state index is 12.1. The van der Waals surface area contributed by atoms with Crippen molar-refractivity contribution in [3.05, 3.63) is 29.6 Å². The minimum absolute atomic E-state index is 0.0219. The number of aromatic nitrogens is 1. The number of nitriles is 1. The van der Waals surface area contributed by atoms with E-state index in [2.05, 4.69) is 4.98 Å². The van der Waals surface area contributed by atoms with Gasteiger partial charge < -0.3 is 4.90 Å². The molecule has 1 aliphatic rings. The predicted octanol–water partition coefficient (Wildman–Crippen LogP) is 2.22. The molecule has 0 aromatic carbocycles. The fraction of sp³-hybridized carbons (Fsp3) is 0.500. The predicted molar refractivity (Wildman–Crippen MR) is 67.9 cm³/mol. The summed E-state index contributed by atoms with van der Waals surface area (Å²) in [6.07, 6.45) is 6.51. The monoisotopic (exact) mass is 243 g/mol. The first-order valence-corrected chi connectivity index (χ1v) is 6.32. The van der Waals surface area contributed by atoms with E-state index in [1.54, 1.807) is 17.0 Å². The normalized spacial score (nSPS) is 14.7. The molecule has 1 heterocycles. The molecule has 1 amide bonds. The summed E-state index contributed by atoms with van der Waals surface area (Å²) in [6.45, 7) is 0.795. The molecule has 1 aliphatic carbocycles. The van der Waals surface area contributed by atoms with Crippen molar-refractivity contribution in [2.24, 2.45) is 5.92 Å². The van der Waals surface area contributed by atoms with Crippen LogP contribution in [0.4, 0.5) is 0 Å². The Morgan fingerprint density at radius 3 is 2.83 bits per heavy atom. The van der Waals surface area contributed by atoms with Crippen molar-refractivity contribution in [2.75, 3.05) is 13.6 Å². The van der Waals surface area contributed by atoms with Gasteiger partial charge in [0.1, 0.15) is 11.8 Å². The molecule has 4 nitrogen and oxygen atoms in total. The first-order valence-electron chi connectivity index (χ1n) is 6.32. The summed E-state index contributed by atoms with van der Waals surface area (Å²) in [4.78, 5) is 17.7. The van der Waals surface area contributed by atoms with Gasteiger partial charge in [0, 0.05) is 19.8 Å². The summed E-state index contributed by atoms with van der Waals surface area (Å²) in [5, 5.41) is 8.65. The molecule has 0 bridgehead atoms. The van der Waals surface area contributed by atoms with Gasteiger partial charge in [0.25, 0.3) is 5.91 Å². The van der Waals surface area contributed by atoms with Gasteiger partial charge in [-0.1, -0.05) is 19.3 Å². The highest BCUT2D eigenvalue weighted by atomic mass is 16.2. The Bertz CT molecular complexity index is 457. The number of carbonyl (C=O) groups is 1. The van der Waals surface area contributed by atoms with E-state index in [0.29, 0.717) is 11.3 Å². The maximum Gasteiger partial charge on any atom is 0.255 e. The highest BCUT2D eigenvalue weighted by Crippen LogP contribution is 2.29.